The van der Waals surface area contributed by atoms with Crippen molar-refractivity contribution in [3.8, 4) is 0 Å². The molecule has 0 amide bonds. The summed E-state index contributed by atoms with van der Waals surface area (Å²) in [4.78, 5) is 11.1. The molecule has 1 atom stereocenters. The Morgan fingerprint density at radius 3 is 2.85 bits per heavy atom. The van der Waals surface area contributed by atoms with Crippen LogP contribution >= 0.6 is 0 Å². The van der Waals surface area contributed by atoms with Crippen LogP contribution in [0.25, 0.3) is 0 Å². The van der Waals surface area contributed by atoms with Crippen molar-refractivity contribution in [3.05, 3.63) is 0 Å². The zero-order valence-electron chi connectivity index (χ0n) is 7.48. The molecule has 0 aromatic rings. The number of hydrogen-bond acceptors (Lipinski definition) is 3. The zero-order chi connectivity index (χ0) is 9.90. The molecule has 0 saturated carbocycles. The molecule has 1 fully saturated rings. The van der Waals surface area contributed by atoms with Gasteiger partial charge in [-0.05, 0) is 13.3 Å². The van der Waals surface area contributed by atoms with E-state index in [1.165, 1.54) is 0 Å². The van der Waals surface area contributed by atoms with Crippen molar-refractivity contribution in [2.24, 2.45) is 0 Å². The Bertz CT molecular complexity index is 187. The van der Waals surface area contributed by atoms with E-state index in [-0.39, 0.29) is 19.4 Å². The molecule has 0 aromatic carbocycles. The van der Waals surface area contributed by atoms with Crippen molar-refractivity contribution < 1.29 is 18.3 Å². The third kappa shape index (κ3) is 2.91. The molecule has 0 aliphatic carbocycles. The lowest BCUT2D eigenvalue weighted by Gasteiger charge is -2.27. The molecule has 0 bridgehead atoms. The molecular formula is C8H13F2NO2. The number of halogens is 2. The summed E-state index contributed by atoms with van der Waals surface area (Å²) in [7, 11) is 0. The van der Waals surface area contributed by atoms with E-state index in [4.69, 9.17) is 4.74 Å². The molecule has 1 aliphatic heterocycles. The van der Waals surface area contributed by atoms with Crippen molar-refractivity contribution in [2.75, 3.05) is 13.2 Å². The summed E-state index contributed by atoms with van der Waals surface area (Å²) < 4.78 is 29.9. The second-order valence-corrected chi connectivity index (χ2v) is 3.08. The maximum atomic E-state index is 12.6. The minimum atomic E-state index is -2.68. The van der Waals surface area contributed by atoms with Crippen LogP contribution in [0, 0.1) is 0 Å². The highest BCUT2D eigenvalue weighted by Crippen LogP contribution is 2.24. The Morgan fingerprint density at radius 2 is 2.38 bits per heavy atom. The summed E-state index contributed by atoms with van der Waals surface area (Å²) in [5, 5.41) is 2.47. The van der Waals surface area contributed by atoms with Gasteiger partial charge in [0.05, 0.1) is 13.2 Å². The van der Waals surface area contributed by atoms with Crippen LogP contribution in [0.5, 0.6) is 0 Å². The van der Waals surface area contributed by atoms with E-state index < -0.39 is 24.5 Å². The second kappa shape index (κ2) is 4.00. The van der Waals surface area contributed by atoms with Gasteiger partial charge in [0, 0.05) is 6.42 Å². The largest absolute Gasteiger partial charge is 0.465 e. The van der Waals surface area contributed by atoms with Crippen molar-refractivity contribution in [1.82, 2.24) is 5.32 Å². The number of carbonyl (C=O) groups excluding carboxylic acids is 1. The molecule has 1 heterocycles. The molecule has 0 aromatic heterocycles. The normalized spacial score (nSPS) is 26.8. The standard InChI is InChI=1S/C8H13F2NO2/c1-2-13-7(12)6-3-4-8(9,10)5-11-6/h6,11H,2-5H2,1H3. The van der Waals surface area contributed by atoms with Crippen molar-refractivity contribution in [2.45, 2.75) is 31.7 Å². The molecule has 1 rings (SSSR count). The first-order valence-electron chi connectivity index (χ1n) is 4.33. The summed E-state index contributed by atoms with van der Waals surface area (Å²) >= 11 is 0. The van der Waals surface area contributed by atoms with E-state index in [1.807, 2.05) is 0 Å². The van der Waals surface area contributed by atoms with Crippen molar-refractivity contribution in [1.29, 1.82) is 0 Å². The Labute approximate surface area is 75.4 Å². The first kappa shape index (κ1) is 10.4. The fraction of sp³-hybridized carbons (Fsp3) is 0.875. The number of carbonyl (C=O) groups is 1. The van der Waals surface area contributed by atoms with Crippen LogP contribution in [0.1, 0.15) is 19.8 Å². The lowest BCUT2D eigenvalue weighted by atomic mass is 10.0. The van der Waals surface area contributed by atoms with E-state index >= 15 is 0 Å². The molecule has 5 heteroatoms. The van der Waals surface area contributed by atoms with Gasteiger partial charge in [-0.3, -0.25) is 10.1 Å². The molecule has 76 valence electrons. The molecule has 0 spiro atoms. The van der Waals surface area contributed by atoms with Gasteiger partial charge in [0.25, 0.3) is 5.92 Å². The van der Waals surface area contributed by atoms with Crippen LogP contribution in [0.2, 0.25) is 0 Å². The molecular weight excluding hydrogens is 180 g/mol. The van der Waals surface area contributed by atoms with Gasteiger partial charge >= 0.3 is 5.97 Å². The number of nitrogens with one attached hydrogen (secondary N) is 1. The second-order valence-electron chi connectivity index (χ2n) is 3.08. The van der Waals surface area contributed by atoms with Gasteiger partial charge in [-0.25, -0.2) is 8.78 Å². The zero-order valence-corrected chi connectivity index (χ0v) is 7.48. The van der Waals surface area contributed by atoms with E-state index in [9.17, 15) is 13.6 Å². The number of piperidine rings is 1. The third-order valence-electron chi connectivity index (χ3n) is 1.98. The first-order valence-corrected chi connectivity index (χ1v) is 4.33. The van der Waals surface area contributed by atoms with Crippen LogP contribution in [0.3, 0.4) is 0 Å². The molecule has 1 N–H and O–H groups in total. The predicted molar refractivity (Wildman–Crippen MR) is 42.6 cm³/mol. The molecule has 0 radical (unpaired) electrons. The van der Waals surface area contributed by atoms with Gasteiger partial charge in [0.1, 0.15) is 6.04 Å². The van der Waals surface area contributed by atoms with Crippen LogP contribution in [-0.4, -0.2) is 31.1 Å². The van der Waals surface area contributed by atoms with Crippen LogP contribution in [0.4, 0.5) is 8.78 Å². The number of hydrogen-bond donors (Lipinski definition) is 1. The Kier molecular flexibility index (Phi) is 3.19. The molecule has 1 saturated heterocycles. The molecule has 1 unspecified atom stereocenters. The minimum absolute atomic E-state index is 0.145. The van der Waals surface area contributed by atoms with Gasteiger partial charge in [0.15, 0.2) is 0 Å². The molecule has 1 aliphatic rings. The molecule has 13 heavy (non-hydrogen) atoms. The Balaban J connectivity index is 2.36. The summed E-state index contributed by atoms with van der Waals surface area (Å²) in [5.41, 5.74) is 0. The minimum Gasteiger partial charge on any atom is -0.465 e. The van der Waals surface area contributed by atoms with Gasteiger partial charge in [-0.15, -0.1) is 0 Å². The summed E-state index contributed by atoms with van der Waals surface area (Å²) in [5.74, 6) is -3.11. The average molecular weight is 193 g/mol. The topological polar surface area (TPSA) is 38.3 Å². The summed E-state index contributed by atoms with van der Waals surface area (Å²) in [6.07, 6.45) is -0.102. The fourth-order valence-corrected chi connectivity index (χ4v) is 1.26. The first-order chi connectivity index (χ1) is 6.05. The Hall–Kier alpha value is -0.710. The number of alkyl halides is 2. The van der Waals surface area contributed by atoms with Gasteiger partial charge in [0.2, 0.25) is 0 Å². The van der Waals surface area contributed by atoms with E-state index in [0.717, 1.165) is 0 Å². The monoisotopic (exact) mass is 193 g/mol. The average Bonchev–Trinajstić information content (AvgIpc) is 2.04. The van der Waals surface area contributed by atoms with Crippen LogP contribution in [0.15, 0.2) is 0 Å². The van der Waals surface area contributed by atoms with Crippen LogP contribution < -0.4 is 5.32 Å². The van der Waals surface area contributed by atoms with Crippen LogP contribution in [-0.2, 0) is 9.53 Å². The molecule has 3 nitrogen and oxygen atoms in total. The highest BCUT2D eigenvalue weighted by molar-refractivity contribution is 5.75. The number of esters is 1. The van der Waals surface area contributed by atoms with E-state index in [0.29, 0.717) is 0 Å². The van der Waals surface area contributed by atoms with E-state index in [1.54, 1.807) is 6.92 Å². The fourth-order valence-electron chi connectivity index (χ4n) is 1.26. The van der Waals surface area contributed by atoms with Gasteiger partial charge in [-0.1, -0.05) is 0 Å². The third-order valence-corrected chi connectivity index (χ3v) is 1.98. The summed E-state index contributed by atoms with van der Waals surface area (Å²) in [6.45, 7) is 1.54. The summed E-state index contributed by atoms with van der Waals surface area (Å²) in [6, 6.07) is -0.556. The SMILES string of the molecule is CCOC(=O)C1CCC(F)(F)CN1. The number of rotatable bonds is 2. The quantitative estimate of drug-likeness (QED) is 0.663. The van der Waals surface area contributed by atoms with Crippen molar-refractivity contribution in [3.63, 3.8) is 0 Å². The highest BCUT2D eigenvalue weighted by Gasteiger charge is 2.37. The predicted octanol–water partition coefficient (Wildman–Crippen LogP) is 0.937. The maximum absolute atomic E-state index is 12.6. The van der Waals surface area contributed by atoms with Gasteiger partial charge < -0.3 is 4.74 Å². The lowest BCUT2D eigenvalue weighted by molar-refractivity contribution is -0.148. The number of ether oxygens (including phenoxy) is 1. The van der Waals surface area contributed by atoms with E-state index in [2.05, 4.69) is 5.32 Å². The Morgan fingerprint density at radius 1 is 1.69 bits per heavy atom. The highest BCUT2D eigenvalue weighted by atomic mass is 19.3. The maximum Gasteiger partial charge on any atom is 0.323 e. The van der Waals surface area contributed by atoms with Gasteiger partial charge in [-0.2, -0.15) is 0 Å². The lowest BCUT2D eigenvalue weighted by Crippen LogP contribution is -2.49. The smallest absolute Gasteiger partial charge is 0.323 e. The van der Waals surface area contributed by atoms with Crippen molar-refractivity contribution >= 4 is 5.97 Å².